The molecule has 0 spiro atoms. The number of rotatable bonds is 6. The molecule has 1 aliphatic rings. The molecular formula is C19H31NO4Si. The van der Waals surface area contributed by atoms with Crippen molar-refractivity contribution in [1.82, 2.24) is 4.90 Å². The first-order chi connectivity index (χ1) is 11.6. The summed E-state index contributed by atoms with van der Waals surface area (Å²) in [5, 5.41) is 9.78. The van der Waals surface area contributed by atoms with Gasteiger partial charge >= 0.3 is 6.09 Å². The monoisotopic (exact) mass is 365 g/mol. The summed E-state index contributed by atoms with van der Waals surface area (Å²) in [6, 6.07) is 9.79. The number of carboxylic acid groups (broad SMARTS) is 1. The summed E-state index contributed by atoms with van der Waals surface area (Å²) in [7, 11) is -0.766. The Bertz CT molecular complexity index is 571. The van der Waals surface area contributed by atoms with Crippen LogP contribution in [0.4, 0.5) is 4.79 Å². The van der Waals surface area contributed by atoms with E-state index in [9.17, 15) is 9.90 Å². The standard InChI is InChI=1S/C19H31NO4Si/c1-18(2,3)25-24-19(4,5)16-11-15(12-20(16)17(21)22)23-13-14-9-7-6-8-10-14/h6-10,15-16H,11-13,25H2,1-5H3,(H,21,22). The Morgan fingerprint density at radius 2 is 1.88 bits per heavy atom. The lowest BCUT2D eigenvalue weighted by molar-refractivity contribution is 0.0204. The van der Waals surface area contributed by atoms with E-state index in [2.05, 4.69) is 20.8 Å². The normalized spacial score (nSPS) is 22.0. The van der Waals surface area contributed by atoms with Gasteiger partial charge in [-0.25, -0.2) is 4.79 Å². The van der Waals surface area contributed by atoms with Crippen LogP contribution in [0.15, 0.2) is 30.3 Å². The van der Waals surface area contributed by atoms with Gasteiger partial charge in [-0.1, -0.05) is 51.1 Å². The van der Waals surface area contributed by atoms with Crippen molar-refractivity contribution in [1.29, 1.82) is 0 Å². The van der Waals surface area contributed by atoms with Gasteiger partial charge in [-0.05, 0) is 30.9 Å². The number of benzene rings is 1. The highest BCUT2D eigenvalue weighted by molar-refractivity contribution is 6.31. The third-order valence-electron chi connectivity index (χ3n) is 4.52. The number of likely N-dealkylation sites (tertiary alicyclic amines) is 1. The van der Waals surface area contributed by atoms with Crippen molar-refractivity contribution in [3.8, 4) is 0 Å². The highest BCUT2D eigenvalue weighted by Crippen LogP contribution is 2.33. The maximum Gasteiger partial charge on any atom is 0.407 e. The molecule has 2 unspecified atom stereocenters. The smallest absolute Gasteiger partial charge is 0.407 e. The van der Waals surface area contributed by atoms with Crippen LogP contribution in [-0.4, -0.2) is 50.2 Å². The molecule has 0 aliphatic carbocycles. The number of ether oxygens (including phenoxy) is 1. The van der Waals surface area contributed by atoms with Gasteiger partial charge in [0.05, 0.1) is 30.9 Å². The number of hydrogen-bond acceptors (Lipinski definition) is 3. The molecule has 0 saturated carbocycles. The van der Waals surface area contributed by atoms with Crippen molar-refractivity contribution >= 4 is 15.9 Å². The Morgan fingerprint density at radius 1 is 1.24 bits per heavy atom. The van der Waals surface area contributed by atoms with Crippen LogP contribution < -0.4 is 0 Å². The maximum atomic E-state index is 11.7. The molecule has 5 nitrogen and oxygen atoms in total. The van der Waals surface area contributed by atoms with Gasteiger partial charge in [0.2, 0.25) is 0 Å². The van der Waals surface area contributed by atoms with E-state index in [0.717, 1.165) is 5.56 Å². The summed E-state index contributed by atoms with van der Waals surface area (Å²) in [6.45, 7) is 11.4. The number of carbonyl (C=O) groups is 1. The van der Waals surface area contributed by atoms with Crippen LogP contribution in [0.1, 0.15) is 46.6 Å². The molecule has 1 aromatic rings. The molecule has 0 bridgehead atoms. The SMILES string of the molecule is CC(C)(C)[SiH2]OC(C)(C)C1CC(OCc2ccccc2)CN1C(=O)O. The highest BCUT2D eigenvalue weighted by atomic mass is 28.2. The van der Waals surface area contributed by atoms with Crippen LogP contribution in [0.2, 0.25) is 5.04 Å². The average molecular weight is 366 g/mol. The third kappa shape index (κ3) is 5.83. The molecule has 1 fully saturated rings. The van der Waals surface area contributed by atoms with Crippen molar-refractivity contribution in [2.45, 2.75) is 70.4 Å². The predicted molar refractivity (Wildman–Crippen MR) is 102 cm³/mol. The van der Waals surface area contributed by atoms with Crippen LogP contribution in [0.5, 0.6) is 0 Å². The zero-order chi connectivity index (χ0) is 18.7. The Hall–Kier alpha value is -1.37. The summed E-state index contributed by atoms with van der Waals surface area (Å²) in [6.07, 6.45) is -0.324. The van der Waals surface area contributed by atoms with Gasteiger partial charge in [-0.3, -0.25) is 4.90 Å². The fraction of sp³-hybridized carbons (Fsp3) is 0.632. The summed E-state index contributed by atoms with van der Waals surface area (Å²) in [5.74, 6) is 0. The van der Waals surface area contributed by atoms with E-state index in [1.54, 1.807) is 0 Å². The molecule has 1 saturated heterocycles. The van der Waals surface area contributed by atoms with Crippen molar-refractivity contribution in [2.24, 2.45) is 0 Å². The van der Waals surface area contributed by atoms with Crippen molar-refractivity contribution < 1.29 is 19.1 Å². The maximum absolute atomic E-state index is 11.7. The van der Waals surface area contributed by atoms with Crippen LogP contribution in [0.3, 0.4) is 0 Å². The molecule has 2 rings (SSSR count). The van der Waals surface area contributed by atoms with Crippen molar-refractivity contribution in [3.63, 3.8) is 0 Å². The van der Waals surface area contributed by atoms with Crippen LogP contribution in [-0.2, 0) is 15.8 Å². The molecule has 6 heteroatoms. The molecule has 1 N–H and O–H groups in total. The van der Waals surface area contributed by atoms with E-state index < -0.39 is 21.5 Å². The Balaban J connectivity index is 2.00. The fourth-order valence-corrected chi connectivity index (χ4v) is 4.07. The van der Waals surface area contributed by atoms with E-state index >= 15 is 0 Å². The lowest BCUT2D eigenvalue weighted by Gasteiger charge is -2.38. The topological polar surface area (TPSA) is 59.0 Å². The second-order valence-electron chi connectivity index (χ2n) is 8.56. The quantitative estimate of drug-likeness (QED) is 0.785. The molecule has 0 radical (unpaired) electrons. The molecule has 1 aliphatic heterocycles. The first-order valence-electron chi connectivity index (χ1n) is 8.87. The Morgan fingerprint density at radius 3 is 2.44 bits per heavy atom. The zero-order valence-electron chi connectivity index (χ0n) is 16.0. The minimum Gasteiger partial charge on any atom is -0.465 e. The second kappa shape index (κ2) is 7.89. The minimum atomic E-state index is -0.898. The molecule has 140 valence electrons. The molecule has 2 atom stereocenters. The van der Waals surface area contributed by atoms with Crippen LogP contribution >= 0.6 is 0 Å². The number of amides is 1. The third-order valence-corrected chi connectivity index (χ3v) is 6.27. The number of nitrogens with zero attached hydrogens (tertiary/aromatic N) is 1. The van der Waals surface area contributed by atoms with Crippen LogP contribution in [0, 0.1) is 0 Å². The lowest BCUT2D eigenvalue weighted by atomic mass is 9.96. The fourth-order valence-electron chi connectivity index (χ4n) is 3.08. The van der Waals surface area contributed by atoms with Gasteiger partial charge in [0.25, 0.3) is 0 Å². The van der Waals surface area contributed by atoms with E-state index in [-0.39, 0.29) is 17.2 Å². The molecule has 1 aromatic carbocycles. The Labute approximate surface area is 153 Å². The number of hydrogen-bond donors (Lipinski definition) is 1. The van der Waals surface area contributed by atoms with Crippen molar-refractivity contribution in [2.75, 3.05) is 6.54 Å². The van der Waals surface area contributed by atoms with Gasteiger partial charge in [-0.15, -0.1) is 0 Å². The molecule has 0 aromatic heterocycles. The van der Waals surface area contributed by atoms with Gasteiger partial charge in [-0.2, -0.15) is 0 Å². The molecule has 25 heavy (non-hydrogen) atoms. The van der Waals surface area contributed by atoms with Crippen molar-refractivity contribution in [3.05, 3.63) is 35.9 Å². The van der Waals surface area contributed by atoms with E-state index in [0.29, 0.717) is 19.6 Å². The predicted octanol–water partition coefficient (Wildman–Crippen LogP) is 3.42. The van der Waals surface area contributed by atoms with Crippen LogP contribution in [0.25, 0.3) is 0 Å². The molecule has 1 heterocycles. The molecular weight excluding hydrogens is 334 g/mol. The first kappa shape index (κ1) is 19.9. The van der Waals surface area contributed by atoms with E-state index in [1.165, 1.54) is 4.90 Å². The lowest BCUT2D eigenvalue weighted by Crippen LogP contribution is -2.50. The zero-order valence-corrected chi connectivity index (χ0v) is 17.4. The first-order valence-corrected chi connectivity index (χ1v) is 10.2. The van der Waals surface area contributed by atoms with Gasteiger partial charge in [0.1, 0.15) is 0 Å². The minimum absolute atomic E-state index is 0.0968. The van der Waals surface area contributed by atoms with E-state index in [1.807, 2.05) is 44.2 Å². The molecule has 1 amide bonds. The Kier molecular flexibility index (Phi) is 6.29. The average Bonchev–Trinajstić information content (AvgIpc) is 2.97. The summed E-state index contributed by atoms with van der Waals surface area (Å²) in [4.78, 5) is 13.2. The highest BCUT2D eigenvalue weighted by Gasteiger charge is 2.45. The summed E-state index contributed by atoms with van der Waals surface area (Å²) >= 11 is 0. The van der Waals surface area contributed by atoms with Gasteiger partial charge < -0.3 is 14.3 Å². The van der Waals surface area contributed by atoms with Gasteiger partial charge in [0.15, 0.2) is 9.76 Å². The van der Waals surface area contributed by atoms with Gasteiger partial charge in [0, 0.05) is 0 Å². The van der Waals surface area contributed by atoms with E-state index in [4.69, 9.17) is 9.16 Å². The summed E-state index contributed by atoms with van der Waals surface area (Å²) < 4.78 is 12.2. The summed E-state index contributed by atoms with van der Waals surface area (Å²) in [5.41, 5.74) is 0.603. The largest absolute Gasteiger partial charge is 0.465 e. The second-order valence-corrected chi connectivity index (χ2v) is 11.3.